The Kier molecular flexibility index (Phi) is 4.49. The molecular weight excluding hydrogens is 489 g/mol. The third kappa shape index (κ3) is 2.55. The van der Waals surface area contributed by atoms with Gasteiger partial charge >= 0.3 is 5.97 Å². The van der Waals surface area contributed by atoms with Crippen LogP contribution in [-0.2, 0) is 15.1 Å². The summed E-state index contributed by atoms with van der Waals surface area (Å²) in [6.07, 6.45) is 0. The van der Waals surface area contributed by atoms with Gasteiger partial charge in [0.25, 0.3) is 11.8 Å². The molecule has 0 N–H and O–H groups in total. The van der Waals surface area contributed by atoms with E-state index in [-0.39, 0.29) is 32.3 Å². The summed E-state index contributed by atoms with van der Waals surface area (Å²) in [5, 5.41) is -0.0921. The lowest BCUT2D eigenvalue weighted by Crippen LogP contribution is -2.53. The number of para-hydroxylation sites is 1. The Balaban J connectivity index is 1.76. The van der Waals surface area contributed by atoms with Crippen LogP contribution < -0.4 is 15.2 Å². The number of methoxy groups -OCH3 is 1. The number of hydrogen-bond acceptors (Lipinski definition) is 8. The second-order valence-electron chi connectivity index (χ2n) is 8.41. The average molecular weight is 505 g/mol. The number of aromatic nitrogens is 1. The van der Waals surface area contributed by atoms with Crippen LogP contribution in [0.2, 0.25) is 0 Å². The molecule has 0 fully saturated rings. The highest BCUT2D eigenvalue weighted by Crippen LogP contribution is 2.54. The largest absolute Gasteiger partial charge is 0.465 e. The first-order valence-electron chi connectivity index (χ1n) is 10.8. The van der Waals surface area contributed by atoms with E-state index < -0.39 is 34.6 Å². The smallest absolute Gasteiger partial charge is 0.350 e. The first-order chi connectivity index (χ1) is 17.2. The molecule has 2 aromatic heterocycles. The van der Waals surface area contributed by atoms with Gasteiger partial charge in [-0.2, -0.15) is 0 Å². The fourth-order valence-corrected chi connectivity index (χ4v) is 6.04. The molecule has 180 valence electrons. The number of anilines is 2. The number of fused-ring (bicyclic) bond motifs is 5. The molecule has 11 heteroatoms. The van der Waals surface area contributed by atoms with Crippen LogP contribution in [0, 0.1) is 12.7 Å². The fourth-order valence-electron chi connectivity index (χ4n) is 5.00. The number of likely N-dealkylation sites (N-methyl/N-ethyl adjacent to an activating group) is 1. The van der Waals surface area contributed by atoms with Gasteiger partial charge in [0.15, 0.2) is 16.1 Å². The van der Waals surface area contributed by atoms with Crippen LogP contribution in [0.15, 0.2) is 51.7 Å². The number of amides is 2. The van der Waals surface area contributed by atoms with Crippen molar-refractivity contribution in [2.45, 2.75) is 12.5 Å². The Morgan fingerprint density at radius 1 is 1.17 bits per heavy atom. The van der Waals surface area contributed by atoms with Crippen molar-refractivity contribution in [3.05, 3.63) is 86.0 Å². The third-order valence-corrected chi connectivity index (χ3v) is 7.69. The van der Waals surface area contributed by atoms with Gasteiger partial charge in [-0.15, -0.1) is 0 Å². The number of nitrogens with zero attached hydrogens (tertiary/aromatic N) is 3. The van der Waals surface area contributed by atoms with Gasteiger partial charge < -0.3 is 14.1 Å². The third-order valence-electron chi connectivity index (χ3n) is 6.56. The number of carbonyl (C=O) groups excluding carboxylic acids is 3. The number of rotatable bonds is 2. The highest BCUT2D eigenvalue weighted by atomic mass is 32.1. The number of carbonyl (C=O) groups is 3. The summed E-state index contributed by atoms with van der Waals surface area (Å²) < 4.78 is 24.8. The summed E-state index contributed by atoms with van der Waals surface area (Å²) in [4.78, 5) is 61.2. The summed E-state index contributed by atoms with van der Waals surface area (Å²) in [6.45, 7) is 1.57. The van der Waals surface area contributed by atoms with Crippen molar-refractivity contribution in [3.8, 4) is 0 Å². The topological polar surface area (TPSA) is 110 Å². The molecule has 1 atom stereocenters. The molecule has 2 aliphatic heterocycles. The van der Waals surface area contributed by atoms with Crippen molar-refractivity contribution >= 4 is 50.9 Å². The second kappa shape index (κ2) is 7.31. The Labute approximate surface area is 206 Å². The van der Waals surface area contributed by atoms with Crippen LogP contribution >= 0.6 is 11.3 Å². The number of thiazole rings is 1. The molecule has 4 aromatic rings. The van der Waals surface area contributed by atoms with Crippen LogP contribution in [0.5, 0.6) is 0 Å². The van der Waals surface area contributed by atoms with Gasteiger partial charge in [-0.05, 0) is 31.2 Å². The standard InChI is InChI=1S/C25H16FN3O6S/c1-11-20(22(32)34-3)36-24(27-11)29-21(31)19-17(18(30)13-10-12(26)8-9-16(13)35-19)25(29)14-6-4-5-7-15(14)28(2)23(25)33/h4-10H,1-3H3. The van der Waals surface area contributed by atoms with Crippen LogP contribution in [0.25, 0.3) is 11.0 Å². The highest BCUT2D eigenvalue weighted by molar-refractivity contribution is 7.17. The average Bonchev–Trinajstić information content (AvgIpc) is 3.45. The van der Waals surface area contributed by atoms with Crippen molar-refractivity contribution in [1.29, 1.82) is 0 Å². The number of esters is 1. The predicted octanol–water partition coefficient (Wildman–Crippen LogP) is 3.36. The van der Waals surface area contributed by atoms with E-state index in [1.54, 1.807) is 31.2 Å². The first-order valence-corrected chi connectivity index (χ1v) is 11.6. The predicted molar refractivity (Wildman–Crippen MR) is 128 cm³/mol. The van der Waals surface area contributed by atoms with Crippen molar-refractivity contribution in [2.24, 2.45) is 0 Å². The maximum atomic E-state index is 14.1. The molecule has 2 aromatic carbocycles. The first kappa shape index (κ1) is 22.1. The number of hydrogen-bond donors (Lipinski definition) is 0. The van der Waals surface area contributed by atoms with E-state index >= 15 is 0 Å². The van der Waals surface area contributed by atoms with Crippen LogP contribution in [0.1, 0.15) is 37.0 Å². The lowest BCUT2D eigenvalue weighted by molar-refractivity contribution is -0.121. The van der Waals surface area contributed by atoms with Gasteiger partial charge in [0, 0.05) is 18.3 Å². The van der Waals surface area contributed by atoms with Gasteiger partial charge in [0.1, 0.15) is 16.3 Å². The molecule has 2 amide bonds. The molecule has 0 saturated carbocycles. The molecule has 1 spiro atoms. The number of aryl methyl sites for hydroxylation is 1. The SMILES string of the molecule is COC(=O)c1sc(N2C(=O)c3oc4ccc(F)cc4c(=O)c3C23C(=O)N(C)c2ccccc23)nc1C. The molecule has 4 heterocycles. The van der Waals surface area contributed by atoms with Crippen molar-refractivity contribution in [1.82, 2.24) is 4.98 Å². The number of ether oxygens (including phenoxy) is 1. The van der Waals surface area contributed by atoms with Crippen molar-refractivity contribution in [2.75, 3.05) is 24.0 Å². The molecule has 0 bridgehead atoms. The van der Waals surface area contributed by atoms with E-state index in [2.05, 4.69) is 4.98 Å². The maximum Gasteiger partial charge on any atom is 0.350 e. The van der Waals surface area contributed by atoms with E-state index in [4.69, 9.17) is 9.15 Å². The molecule has 0 radical (unpaired) electrons. The molecule has 36 heavy (non-hydrogen) atoms. The number of benzene rings is 2. The quantitative estimate of drug-likeness (QED) is 0.384. The molecule has 6 rings (SSSR count). The summed E-state index contributed by atoms with van der Waals surface area (Å²) in [6, 6.07) is 10.1. The van der Waals surface area contributed by atoms with Crippen LogP contribution in [-0.4, -0.2) is 36.9 Å². The minimum absolute atomic E-state index is 0.00292. The van der Waals surface area contributed by atoms with E-state index in [0.717, 1.165) is 28.4 Å². The summed E-state index contributed by atoms with van der Waals surface area (Å²) in [5.41, 5.74) is -1.76. The van der Waals surface area contributed by atoms with Gasteiger partial charge in [-0.25, -0.2) is 14.2 Å². The van der Waals surface area contributed by atoms with E-state index in [0.29, 0.717) is 16.9 Å². The summed E-state index contributed by atoms with van der Waals surface area (Å²) >= 11 is 0.860. The normalized spacial score (nSPS) is 18.3. The lowest BCUT2D eigenvalue weighted by Gasteiger charge is -2.31. The molecule has 9 nitrogen and oxygen atoms in total. The Morgan fingerprint density at radius 3 is 2.67 bits per heavy atom. The Bertz CT molecular complexity index is 1730. The van der Waals surface area contributed by atoms with Gasteiger partial charge in [0.2, 0.25) is 5.76 Å². The highest BCUT2D eigenvalue weighted by Gasteiger charge is 2.66. The molecule has 0 saturated heterocycles. The van der Waals surface area contributed by atoms with E-state index in [9.17, 15) is 23.6 Å². The monoisotopic (exact) mass is 505 g/mol. The van der Waals surface area contributed by atoms with E-state index in [1.807, 2.05) is 0 Å². The van der Waals surface area contributed by atoms with Gasteiger partial charge in [-0.3, -0.25) is 19.3 Å². The minimum Gasteiger partial charge on any atom is -0.465 e. The Hall–Kier alpha value is -4.38. The molecule has 1 unspecified atom stereocenters. The Morgan fingerprint density at radius 2 is 1.92 bits per heavy atom. The lowest BCUT2D eigenvalue weighted by atomic mass is 9.84. The summed E-state index contributed by atoms with van der Waals surface area (Å²) in [5.74, 6) is -3.04. The van der Waals surface area contributed by atoms with Crippen LogP contribution in [0.4, 0.5) is 15.2 Å². The van der Waals surface area contributed by atoms with Crippen LogP contribution in [0.3, 0.4) is 0 Å². The molecule has 2 aliphatic rings. The molecular formula is C25H16FN3O6S. The zero-order valence-corrected chi connectivity index (χ0v) is 19.9. The molecule has 0 aliphatic carbocycles. The van der Waals surface area contributed by atoms with Gasteiger partial charge in [-0.1, -0.05) is 29.5 Å². The maximum absolute atomic E-state index is 14.1. The zero-order chi connectivity index (χ0) is 25.5. The zero-order valence-electron chi connectivity index (χ0n) is 19.1. The van der Waals surface area contributed by atoms with Crippen molar-refractivity contribution in [3.63, 3.8) is 0 Å². The fraction of sp³-hybridized carbons (Fsp3) is 0.160. The van der Waals surface area contributed by atoms with Gasteiger partial charge in [0.05, 0.1) is 23.8 Å². The number of halogens is 1. The van der Waals surface area contributed by atoms with E-state index in [1.165, 1.54) is 25.1 Å². The minimum atomic E-state index is -1.96. The van der Waals surface area contributed by atoms with Crippen molar-refractivity contribution < 1.29 is 27.9 Å². The second-order valence-corrected chi connectivity index (χ2v) is 9.39. The summed E-state index contributed by atoms with van der Waals surface area (Å²) in [7, 11) is 2.75.